The molecule has 1 aromatic heterocycles. The summed E-state index contributed by atoms with van der Waals surface area (Å²) >= 11 is 0. The second kappa shape index (κ2) is 13.3. The van der Waals surface area contributed by atoms with Crippen LogP contribution in [-0.4, -0.2) is 6.54 Å². The molecular formula is C53H38N2O. The van der Waals surface area contributed by atoms with E-state index in [4.69, 9.17) is 4.42 Å². The molecular weight excluding hydrogens is 681 g/mol. The highest BCUT2D eigenvalue weighted by Gasteiger charge is 2.21. The molecule has 0 fully saturated rings. The van der Waals surface area contributed by atoms with Gasteiger partial charge in [-0.1, -0.05) is 146 Å². The maximum Gasteiger partial charge on any atom is 0.201 e. The summed E-state index contributed by atoms with van der Waals surface area (Å²) in [6.45, 7) is 0.769. The van der Waals surface area contributed by atoms with E-state index in [1.807, 2.05) is 0 Å². The molecule has 0 saturated heterocycles. The number of hydrogen-bond acceptors (Lipinski definition) is 3. The number of anilines is 4. The van der Waals surface area contributed by atoms with Crippen LogP contribution < -0.4 is 10.2 Å². The predicted molar refractivity (Wildman–Crippen MR) is 236 cm³/mol. The van der Waals surface area contributed by atoms with Crippen LogP contribution in [0.25, 0.3) is 66.4 Å². The lowest BCUT2D eigenvalue weighted by molar-refractivity contribution is 0.628. The zero-order valence-corrected chi connectivity index (χ0v) is 30.9. The van der Waals surface area contributed by atoms with E-state index >= 15 is 0 Å². The van der Waals surface area contributed by atoms with Gasteiger partial charge in [0.25, 0.3) is 0 Å². The van der Waals surface area contributed by atoms with Gasteiger partial charge >= 0.3 is 0 Å². The number of fused-ring (bicyclic) bond motifs is 6. The summed E-state index contributed by atoms with van der Waals surface area (Å²) in [5.74, 6) is 0.837. The van der Waals surface area contributed by atoms with Crippen LogP contribution >= 0.6 is 0 Å². The molecule has 0 spiro atoms. The van der Waals surface area contributed by atoms with Crippen LogP contribution in [0.15, 0.2) is 186 Å². The molecule has 1 N–H and O–H groups in total. The minimum Gasteiger partial charge on any atom is -0.440 e. The van der Waals surface area contributed by atoms with Crippen molar-refractivity contribution in [2.75, 3.05) is 16.8 Å². The molecule has 266 valence electrons. The van der Waals surface area contributed by atoms with E-state index in [1.165, 1.54) is 60.7 Å². The Kier molecular flexibility index (Phi) is 7.70. The van der Waals surface area contributed by atoms with Crippen molar-refractivity contribution in [1.82, 2.24) is 0 Å². The third-order valence-corrected chi connectivity index (χ3v) is 11.5. The van der Waals surface area contributed by atoms with Crippen LogP contribution in [0.3, 0.4) is 0 Å². The number of aryl methyl sites for hydroxylation is 1. The van der Waals surface area contributed by atoms with Crippen molar-refractivity contribution in [3.63, 3.8) is 0 Å². The Morgan fingerprint density at radius 2 is 1.29 bits per heavy atom. The van der Waals surface area contributed by atoms with Gasteiger partial charge in [-0.3, -0.25) is 0 Å². The molecule has 1 aliphatic carbocycles. The average molecular weight is 719 g/mol. The molecule has 9 aromatic rings. The van der Waals surface area contributed by atoms with E-state index in [-0.39, 0.29) is 0 Å². The topological polar surface area (TPSA) is 28.4 Å². The first-order valence-corrected chi connectivity index (χ1v) is 19.5. The fourth-order valence-corrected chi connectivity index (χ4v) is 8.88. The lowest BCUT2D eigenvalue weighted by Gasteiger charge is -2.28. The maximum atomic E-state index is 6.31. The highest BCUT2D eigenvalue weighted by atomic mass is 16.3. The van der Waals surface area contributed by atoms with Gasteiger partial charge in [-0.2, -0.15) is 0 Å². The van der Waals surface area contributed by atoms with Gasteiger partial charge in [0.1, 0.15) is 5.58 Å². The Morgan fingerprint density at radius 1 is 0.536 bits per heavy atom. The minimum absolute atomic E-state index is 0.769. The number of allylic oxidation sites excluding steroid dienone is 1. The molecule has 0 unspecified atom stereocenters. The number of nitrogens with one attached hydrogen (secondary N) is 1. The number of hydrogen-bond donors (Lipinski definition) is 1. The first kappa shape index (κ1) is 32.3. The van der Waals surface area contributed by atoms with Gasteiger partial charge in [0.05, 0.1) is 5.69 Å². The van der Waals surface area contributed by atoms with E-state index in [0.717, 1.165) is 64.3 Å². The molecule has 0 saturated carbocycles. The Bertz CT molecular complexity index is 3010. The Balaban J connectivity index is 1.08. The van der Waals surface area contributed by atoms with Gasteiger partial charge in [-0.15, -0.1) is 0 Å². The maximum absolute atomic E-state index is 6.31. The lowest BCUT2D eigenvalue weighted by Crippen LogP contribution is -2.10. The first-order chi connectivity index (χ1) is 27.8. The summed E-state index contributed by atoms with van der Waals surface area (Å²) in [7, 11) is 0. The smallest absolute Gasteiger partial charge is 0.201 e. The molecule has 1 aliphatic heterocycles. The predicted octanol–water partition coefficient (Wildman–Crippen LogP) is 14.4. The van der Waals surface area contributed by atoms with Crippen LogP contribution in [0.1, 0.15) is 28.7 Å². The molecule has 11 rings (SSSR count). The Labute approximate surface area is 326 Å². The SMILES string of the molecule is C1=Cc2c(oc3cc4cccc(N(c5ccc(C6=CCCc7ccccc76)cc5)c5ccc(-c6c(-c7ccccc7)ccc7ccccc67)cc5)c4cc23)NC1. The largest absolute Gasteiger partial charge is 0.440 e. The fourth-order valence-electron chi connectivity index (χ4n) is 8.88. The van der Waals surface area contributed by atoms with E-state index in [9.17, 15) is 0 Å². The molecule has 3 nitrogen and oxygen atoms in total. The van der Waals surface area contributed by atoms with Gasteiger partial charge in [0, 0.05) is 34.3 Å². The van der Waals surface area contributed by atoms with Crippen molar-refractivity contribution in [3.8, 4) is 22.3 Å². The van der Waals surface area contributed by atoms with Crippen molar-refractivity contribution in [2.45, 2.75) is 12.8 Å². The molecule has 8 aromatic carbocycles. The van der Waals surface area contributed by atoms with Gasteiger partial charge in [0.2, 0.25) is 5.88 Å². The van der Waals surface area contributed by atoms with Crippen LogP contribution in [0.2, 0.25) is 0 Å². The molecule has 2 heterocycles. The average Bonchev–Trinajstić information content (AvgIpc) is 3.63. The standard InChI is InChI=1S/C53H38N2O/c1-2-11-36(12-3-1)46-31-26-37-14-5-7-18-45(37)52(46)39-24-29-42(30-25-39)55(41-27-22-38(23-28-41)44-19-8-15-35-13-4-6-17-43(35)44)50-21-9-16-40-33-51-49(34-48(40)50)47-20-10-32-54-53(47)56-51/h1-7,9-14,16-31,33-34,54H,8,15,32H2. The van der Waals surface area contributed by atoms with Crippen molar-refractivity contribution in [1.29, 1.82) is 0 Å². The molecule has 3 heteroatoms. The van der Waals surface area contributed by atoms with Gasteiger partial charge in [-0.25, -0.2) is 0 Å². The van der Waals surface area contributed by atoms with Crippen molar-refractivity contribution >= 4 is 67.1 Å². The zero-order chi connectivity index (χ0) is 37.0. The summed E-state index contributed by atoms with van der Waals surface area (Å²) in [5.41, 5.74) is 15.5. The third-order valence-electron chi connectivity index (χ3n) is 11.5. The Morgan fingerprint density at radius 3 is 2.14 bits per heavy atom. The van der Waals surface area contributed by atoms with E-state index in [0.29, 0.717) is 0 Å². The molecule has 0 amide bonds. The summed E-state index contributed by atoms with van der Waals surface area (Å²) < 4.78 is 6.31. The van der Waals surface area contributed by atoms with Crippen molar-refractivity contribution in [3.05, 3.63) is 204 Å². The van der Waals surface area contributed by atoms with Gasteiger partial charge < -0.3 is 14.6 Å². The van der Waals surface area contributed by atoms with Crippen molar-refractivity contribution < 1.29 is 4.42 Å². The second-order valence-electron chi connectivity index (χ2n) is 14.8. The van der Waals surface area contributed by atoms with Gasteiger partial charge in [0.15, 0.2) is 0 Å². The normalized spacial score (nSPS) is 13.3. The van der Waals surface area contributed by atoms with Gasteiger partial charge in [-0.05, 0) is 116 Å². The number of furan rings is 1. The summed E-state index contributed by atoms with van der Waals surface area (Å²) in [6, 6.07) is 62.2. The quantitative estimate of drug-likeness (QED) is 0.186. The highest BCUT2D eigenvalue weighted by Crippen LogP contribution is 2.45. The van der Waals surface area contributed by atoms with E-state index in [2.05, 4.69) is 198 Å². The second-order valence-corrected chi connectivity index (χ2v) is 14.8. The van der Waals surface area contributed by atoms with Crippen LogP contribution in [0, 0.1) is 0 Å². The monoisotopic (exact) mass is 718 g/mol. The minimum atomic E-state index is 0.769. The number of nitrogens with zero attached hydrogens (tertiary/aromatic N) is 1. The van der Waals surface area contributed by atoms with Crippen LogP contribution in [0.5, 0.6) is 0 Å². The lowest BCUT2D eigenvalue weighted by atomic mass is 9.87. The highest BCUT2D eigenvalue weighted by molar-refractivity contribution is 6.09. The molecule has 0 radical (unpaired) electrons. The van der Waals surface area contributed by atoms with Crippen LogP contribution in [0.4, 0.5) is 22.9 Å². The molecule has 0 atom stereocenters. The third kappa shape index (κ3) is 5.43. The molecule has 0 bridgehead atoms. The molecule has 56 heavy (non-hydrogen) atoms. The summed E-state index contributed by atoms with van der Waals surface area (Å²) in [5, 5.41) is 9.31. The number of benzene rings is 8. The van der Waals surface area contributed by atoms with Crippen molar-refractivity contribution in [2.24, 2.45) is 0 Å². The zero-order valence-electron chi connectivity index (χ0n) is 30.9. The van der Waals surface area contributed by atoms with Crippen LogP contribution in [-0.2, 0) is 6.42 Å². The fraction of sp³-hybridized carbons (Fsp3) is 0.0566. The Hall–Kier alpha value is -7.10. The summed E-state index contributed by atoms with van der Waals surface area (Å²) in [6.07, 6.45) is 8.88. The number of rotatable bonds is 6. The van der Waals surface area contributed by atoms with E-state index in [1.54, 1.807) is 0 Å². The first-order valence-electron chi connectivity index (χ1n) is 19.5. The van der Waals surface area contributed by atoms with E-state index < -0.39 is 0 Å². The summed E-state index contributed by atoms with van der Waals surface area (Å²) in [4.78, 5) is 2.41. The molecule has 2 aliphatic rings.